The zero-order valence-corrected chi connectivity index (χ0v) is 14.3. The summed E-state index contributed by atoms with van der Waals surface area (Å²) in [6.45, 7) is 5.75. The molecule has 20 heavy (non-hydrogen) atoms. The Hall–Kier alpha value is -0.440. The van der Waals surface area contributed by atoms with E-state index in [0.717, 1.165) is 32.4 Å². The van der Waals surface area contributed by atoms with E-state index in [4.69, 9.17) is 0 Å². The molecule has 0 aromatic rings. The summed E-state index contributed by atoms with van der Waals surface area (Å²) < 4.78 is 0. The number of allylic oxidation sites excluding steroid dienone is 1. The fourth-order valence-electron chi connectivity index (χ4n) is 2.61. The normalized spacial score (nSPS) is 19.6. The molecule has 1 rings (SSSR count). The molecule has 0 aliphatic carbocycles. The molecule has 0 aromatic carbocycles. The molecule has 3 heteroatoms. The fourth-order valence-corrected chi connectivity index (χ4v) is 4.24. The molecule has 0 N–H and O–H groups in total. The number of unbranched alkanes of at least 4 members (excludes halogenated alkanes) is 6. The largest absolute Gasteiger partial charge is 0.341 e. The van der Waals surface area contributed by atoms with Crippen molar-refractivity contribution in [2.45, 2.75) is 51.4 Å². The molecule has 2 nitrogen and oxygen atoms in total. The van der Waals surface area contributed by atoms with E-state index < -0.39 is 10.0 Å². The van der Waals surface area contributed by atoms with Crippen LogP contribution in [0.2, 0.25) is 0 Å². The summed E-state index contributed by atoms with van der Waals surface area (Å²) in [5, 5.41) is 0. The standard InChI is InChI=1S/C17H33NOS/c1-4-5-6-7-8-9-10-11-12-17(19)18-13-15-20(2,3)16-14-18/h4H,1,5-16H2,2-3H3. The summed E-state index contributed by atoms with van der Waals surface area (Å²) in [5.41, 5.74) is 0. The van der Waals surface area contributed by atoms with E-state index in [1.807, 2.05) is 6.08 Å². The molecule has 1 aliphatic rings. The van der Waals surface area contributed by atoms with Crippen LogP contribution in [0.1, 0.15) is 51.4 Å². The van der Waals surface area contributed by atoms with Gasteiger partial charge in [-0.05, 0) is 43.3 Å². The Morgan fingerprint density at radius 1 is 1.05 bits per heavy atom. The van der Waals surface area contributed by atoms with E-state index >= 15 is 0 Å². The van der Waals surface area contributed by atoms with Crippen molar-refractivity contribution in [2.75, 3.05) is 37.1 Å². The molecule has 1 aliphatic heterocycles. The van der Waals surface area contributed by atoms with Crippen LogP contribution in [0.25, 0.3) is 0 Å². The minimum absolute atomic E-state index is 0.390. The van der Waals surface area contributed by atoms with Crippen molar-refractivity contribution < 1.29 is 4.79 Å². The topological polar surface area (TPSA) is 20.3 Å². The number of hydrogen-bond donors (Lipinski definition) is 0. The van der Waals surface area contributed by atoms with Gasteiger partial charge in [0.15, 0.2) is 0 Å². The maximum absolute atomic E-state index is 12.1. The lowest BCUT2D eigenvalue weighted by Gasteiger charge is -2.41. The summed E-state index contributed by atoms with van der Waals surface area (Å²) in [7, 11) is -0.390. The van der Waals surface area contributed by atoms with Gasteiger partial charge in [-0.25, -0.2) is 10.0 Å². The Morgan fingerprint density at radius 3 is 2.20 bits per heavy atom. The van der Waals surface area contributed by atoms with Gasteiger partial charge in [-0.15, -0.1) is 6.58 Å². The molecule has 0 atom stereocenters. The molecule has 1 amide bonds. The van der Waals surface area contributed by atoms with Crippen molar-refractivity contribution in [3.63, 3.8) is 0 Å². The summed E-state index contributed by atoms with van der Waals surface area (Å²) in [5.74, 6) is 2.87. The molecule has 1 heterocycles. The average molecular weight is 300 g/mol. The smallest absolute Gasteiger partial charge is 0.222 e. The van der Waals surface area contributed by atoms with Crippen molar-refractivity contribution in [1.82, 2.24) is 4.90 Å². The lowest BCUT2D eigenvalue weighted by atomic mass is 10.1. The van der Waals surface area contributed by atoms with Gasteiger partial charge >= 0.3 is 0 Å². The second-order valence-electron chi connectivity index (χ2n) is 6.50. The first-order valence-electron chi connectivity index (χ1n) is 8.12. The molecule has 118 valence electrons. The highest BCUT2D eigenvalue weighted by molar-refractivity contribution is 8.32. The molecule has 0 radical (unpaired) electrons. The van der Waals surface area contributed by atoms with Gasteiger partial charge in [-0.3, -0.25) is 4.79 Å². The third-order valence-corrected chi connectivity index (χ3v) is 6.80. The van der Waals surface area contributed by atoms with Crippen LogP contribution in [0.3, 0.4) is 0 Å². The van der Waals surface area contributed by atoms with Gasteiger partial charge in [-0.2, -0.15) is 0 Å². The SMILES string of the molecule is C=CCCCCCCCCC(=O)N1CCS(C)(C)CC1. The van der Waals surface area contributed by atoms with Crippen LogP contribution in [-0.4, -0.2) is 47.9 Å². The van der Waals surface area contributed by atoms with E-state index in [1.54, 1.807) is 0 Å². The second kappa shape index (κ2) is 9.49. The Labute approximate surface area is 127 Å². The first-order valence-corrected chi connectivity index (χ1v) is 10.9. The van der Waals surface area contributed by atoms with Crippen molar-refractivity contribution in [3.8, 4) is 0 Å². The third kappa shape index (κ3) is 7.37. The highest BCUT2D eigenvalue weighted by Crippen LogP contribution is 2.41. The summed E-state index contributed by atoms with van der Waals surface area (Å²) >= 11 is 0. The molecule has 1 fully saturated rings. The molecule has 1 saturated heterocycles. The van der Waals surface area contributed by atoms with Gasteiger partial charge in [0, 0.05) is 19.5 Å². The van der Waals surface area contributed by atoms with E-state index in [0.29, 0.717) is 5.91 Å². The van der Waals surface area contributed by atoms with E-state index in [-0.39, 0.29) is 0 Å². The highest BCUT2D eigenvalue weighted by Gasteiger charge is 2.23. The van der Waals surface area contributed by atoms with Crippen LogP contribution >= 0.6 is 10.0 Å². The van der Waals surface area contributed by atoms with E-state index in [2.05, 4.69) is 24.0 Å². The zero-order valence-electron chi connectivity index (χ0n) is 13.5. The predicted octanol–water partition coefficient (Wildman–Crippen LogP) is 4.20. The zero-order chi connectivity index (χ0) is 14.8. The summed E-state index contributed by atoms with van der Waals surface area (Å²) in [4.78, 5) is 14.2. The van der Waals surface area contributed by atoms with E-state index in [1.165, 1.54) is 43.6 Å². The van der Waals surface area contributed by atoms with Gasteiger partial charge in [0.05, 0.1) is 0 Å². The quantitative estimate of drug-likeness (QED) is 0.461. The second-order valence-corrected chi connectivity index (χ2v) is 10.9. The van der Waals surface area contributed by atoms with Crippen LogP contribution in [0.15, 0.2) is 12.7 Å². The summed E-state index contributed by atoms with van der Waals surface area (Å²) in [6, 6.07) is 0. The number of hydrogen-bond acceptors (Lipinski definition) is 1. The Bertz CT molecular complexity index is 291. The van der Waals surface area contributed by atoms with Crippen LogP contribution in [0.4, 0.5) is 0 Å². The molecule has 0 unspecified atom stereocenters. The van der Waals surface area contributed by atoms with Gasteiger partial charge in [0.1, 0.15) is 0 Å². The van der Waals surface area contributed by atoms with Crippen LogP contribution in [0, 0.1) is 0 Å². The fraction of sp³-hybridized carbons (Fsp3) is 0.824. The van der Waals surface area contributed by atoms with Crippen LogP contribution < -0.4 is 0 Å². The monoisotopic (exact) mass is 299 g/mol. The Morgan fingerprint density at radius 2 is 1.60 bits per heavy atom. The third-order valence-electron chi connectivity index (χ3n) is 4.23. The van der Waals surface area contributed by atoms with Crippen molar-refractivity contribution in [1.29, 1.82) is 0 Å². The maximum atomic E-state index is 12.1. The van der Waals surface area contributed by atoms with Crippen molar-refractivity contribution in [3.05, 3.63) is 12.7 Å². The van der Waals surface area contributed by atoms with Crippen molar-refractivity contribution >= 4 is 15.9 Å². The minimum atomic E-state index is -0.390. The van der Waals surface area contributed by atoms with Crippen LogP contribution in [-0.2, 0) is 4.79 Å². The van der Waals surface area contributed by atoms with E-state index in [9.17, 15) is 4.79 Å². The molecular weight excluding hydrogens is 266 g/mol. The van der Waals surface area contributed by atoms with Gasteiger partial charge in [0.2, 0.25) is 5.91 Å². The van der Waals surface area contributed by atoms with Crippen LogP contribution in [0.5, 0.6) is 0 Å². The Kier molecular flexibility index (Phi) is 8.35. The molecule has 0 spiro atoms. The first-order chi connectivity index (χ1) is 9.55. The average Bonchev–Trinajstić information content (AvgIpc) is 2.41. The number of nitrogens with zero attached hydrogens (tertiary/aromatic N) is 1. The maximum Gasteiger partial charge on any atom is 0.222 e. The lowest BCUT2D eigenvalue weighted by molar-refractivity contribution is -0.130. The number of amides is 1. The van der Waals surface area contributed by atoms with Gasteiger partial charge in [0.25, 0.3) is 0 Å². The number of carbonyl (C=O) groups is 1. The first kappa shape index (κ1) is 17.6. The Balaban J connectivity index is 1.99. The minimum Gasteiger partial charge on any atom is -0.341 e. The lowest BCUT2D eigenvalue weighted by Crippen LogP contribution is -2.41. The van der Waals surface area contributed by atoms with Gasteiger partial charge in [-0.1, -0.05) is 31.8 Å². The molecule has 0 bridgehead atoms. The highest BCUT2D eigenvalue weighted by atomic mass is 32.3. The summed E-state index contributed by atoms with van der Waals surface area (Å²) in [6.07, 6.45) is 16.2. The van der Waals surface area contributed by atoms with Gasteiger partial charge < -0.3 is 4.90 Å². The predicted molar refractivity (Wildman–Crippen MR) is 92.9 cm³/mol. The molecule has 0 aromatic heterocycles. The van der Waals surface area contributed by atoms with Crippen molar-refractivity contribution in [2.24, 2.45) is 0 Å². The molecular formula is C17H33NOS. The number of rotatable bonds is 9. The molecule has 0 saturated carbocycles. The number of carbonyl (C=O) groups excluding carboxylic acids is 1.